The second kappa shape index (κ2) is 8.22. The zero-order valence-corrected chi connectivity index (χ0v) is 17.4. The van der Waals surface area contributed by atoms with E-state index in [4.69, 9.17) is 0 Å². The van der Waals surface area contributed by atoms with E-state index < -0.39 is 11.2 Å². The molecule has 0 aliphatic carbocycles. The molecule has 2 amide bonds. The molecule has 1 saturated heterocycles. The quantitative estimate of drug-likeness (QED) is 0.671. The smallest absolute Gasteiger partial charge is 0.332 e. The molecule has 0 unspecified atom stereocenters. The van der Waals surface area contributed by atoms with Gasteiger partial charge in [-0.05, 0) is 12.3 Å². The maximum Gasteiger partial charge on any atom is 0.332 e. The monoisotopic (exact) mass is 404 g/mol. The van der Waals surface area contributed by atoms with E-state index in [1.165, 1.54) is 17.9 Å². The molecule has 158 valence electrons. The van der Waals surface area contributed by atoms with E-state index in [0.29, 0.717) is 44.2 Å². The summed E-state index contributed by atoms with van der Waals surface area (Å²) in [4.78, 5) is 57.7. The summed E-state index contributed by atoms with van der Waals surface area (Å²) in [5.41, 5.74) is -0.531. The van der Waals surface area contributed by atoms with Crippen molar-refractivity contribution in [2.75, 3.05) is 26.2 Å². The molecule has 0 radical (unpaired) electrons. The van der Waals surface area contributed by atoms with Crippen LogP contribution in [0.1, 0.15) is 26.7 Å². The number of hydrogen-bond donors (Lipinski definition) is 0. The van der Waals surface area contributed by atoms with Crippen LogP contribution in [0.4, 0.5) is 0 Å². The van der Waals surface area contributed by atoms with Crippen LogP contribution in [0.3, 0.4) is 0 Å². The first-order valence-corrected chi connectivity index (χ1v) is 9.87. The number of hydrogen-bond acceptors (Lipinski definition) is 5. The molecule has 0 saturated carbocycles. The Balaban J connectivity index is 1.69. The van der Waals surface area contributed by atoms with Crippen molar-refractivity contribution in [2.45, 2.75) is 33.2 Å². The van der Waals surface area contributed by atoms with Gasteiger partial charge in [0.1, 0.15) is 6.54 Å². The molecule has 1 aliphatic heterocycles. The summed E-state index contributed by atoms with van der Waals surface area (Å²) < 4.78 is 3.77. The summed E-state index contributed by atoms with van der Waals surface area (Å²) >= 11 is 0. The maximum atomic E-state index is 12.7. The first-order chi connectivity index (χ1) is 13.7. The van der Waals surface area contributed by atoms with Gasteiger partial charge in [0.25, 0.3) is 5.56 Å². The van der Waals surface area contributed by atoms with Gasteiger partial charge in [-0.25, -0.2) is 14.3 Å². The minimum Gasteiger partial charge on any atom is -0.339 e. The van der Waals surface area contributed by atoms with E-state index in [1.54, 1.807) is 21.4 Å². The van der Waals surface area contributed by atoms with Crippen LogP contribution in [0, 0.1) is 5.92 Å². The summed E-state index contributed by atoms with van der Waals surface area (Å²) in [6, 6.07) is 0. The minimum atomic E-state index is -0.572. The van der Waals surface area contributed by atoms with E-state index in [-0.39, 0.29) is 23.9 Å². The highest BCUT2D eigenvalue weighted by Crippen LogP contribution is 2.10. The van der Waals surface area contributed by atoms with Crippen molar-refractivity contribution in [3.8, 4) is 0 Å². The predicted molar refractivity (Wildman–Crippen MR) is 107 cm³/mol. The van der Waals surface area contributed by atoms with Gasteiger partial charge in [0, 0.05) is 46.7 Å². The number of fused-ring (bicyclic) bond motifs is 1. The number of nitrogens with zero attached hydrogens (tertiary/aromatic N) is 6. The summed E-state index contributed by atoms with van der Waals surface area (Å²) in [5.74, 6) is 0.275. The second-order valence-corrected chi connectivity index (χ2v) is 7.95. The van der Waals surface area contributed by atoms with Crippen LogP contribution in [-0.2, 0) is 30.2 Å². The Morgan fingerprint density at radius 2 is 1.62 bits per heavy atom. The Bertz CT molecular complexity index is 1040. The van der Waals surface area contributed by atoms with Gasteiger partial charge in [0.15, 0.2) is 11.2 Å². The van der Waals surface area contributed by atoms with Crippen LogP contribution in [0.15, 0.2) is 15.9 Å². The minimum absolute atomic E-state index is 0.109. The molecule has 0 aromatic carbocycles. The number of aromatic nitrogens is 4. The average Bonchev–Trinajstić information content (AvgIpc) is 3.09. The van der Waals surface area contributed by atoms with Gasteiger partial charge in [-0.2, -0.15) is 0 Å². The second-order valence-electron chi connectivity index (χ2n) is 7.95. The van der Waals surface area contributed by atoms with Crippen molar-refractivity contribution in [1.82, 2.24) is 28.5 Å². The van der Waals surface area contributed by atoms with Crippen LogP contribution in [0.25, 0.3) is 11.2 Å². The number of piperazine rings is 1. The van der Waals surface area contributed by atoms with Gasteiger partial charge in [0.05, 0.1) is 6.33 Å². The van der Waals surface area contributed by atoms with E-state index >= 15 is 0 Å². The number of amides is 2. The standard InChI is InChI=1S/C19H28N6O4/c1-13(2)5-6-14(26)23-7-9-24(10-8-23)15(27)11-25-18(28)16-17(20-12-21(16)3)22(4)19(25)29/h12-13H,5-11H2,1-4H3. The molecule has 2 aromatic heterocycles. The lowest BCUT2D eigenvalue weighted by Crippen LogP contribution is -2.52. The Hall–Kier alpha value is -2.91. The van der Waals surface area contributed by atoms with Gasteiger partial charge >= 0.3 is 5.69 Å². The fourth-order valence-electron chi connectivity index (χ4n) is 3.55. The number of aryl methyl sites for hydroxylation is 2. The van der Waals surface area contributed by atoms with Crippen molar-refractivity contribution < 1.29 is 9.59 Å². The molecule has 10 heteroatoms. The first-order valence-electron chi connectivity index (χ1n) is 9.87. The van der Waals surface area contributed by atoms with Crippen LogP contribution < -0.4 is 11.2 Å². The Labute approximate surface area is 168 Å². The van der Waals surface area contributed by atoms with Crippen LogP contribution >= 0.6 is 0 Å². The lowest BCUT2D eigenvalue weighted by Gasteiger charge is -2.35. The van der Waals surface area contributed by atoms with E-state index in [9.17, 15) is 19.2 Å². The fraction of sp³-hybridized carbons (Fsp3) is 0.632. The van der Waals surface area contributed by atoms with Crippen molar-refractivity contribution >= 4 is 23.0 Å². The molecular weight excluding hydrogens is 376 g/mol. The van der Waals surface area contributed by atoms with E-state index in [2.05, 4.69) is 18.8 Å². The molecule has 10 nitrogen and oxygen atoms in total. The third kappa shape index (κ3) is 4.10. The molecule has 1 fully saturated rings. The summed E-state index contributed by atoms with van der Waals surface area (Å²) in [7, 11) is 3.20. The summed E-state index contributed by atoms with van der Waals surface area (Å²) in [5, 5.41) is 0. The van der Waals surface area contributed by atoms with Crippen LogP contribution in [0.5, 0.6) is 0 Å². The predicted octanol–water partition coefficient (Wildman–Crippen LogP) is -0.459. The molecule has 3 rings (SSSR count). The topological polar surface area (TPSA) is 102 Å². The number of carbonyl (C=O) groups is 2. The van der Waals surface area contributed by atoms with Crippen molar-refractivity contribution in [1.29, 1.82) is 0 Å². The molecule has 3 heterocycles. The molecule has 2 aromatic rings. The third-order valence-electron chi connectivity index (χ3n) is 5.42. The van der Waals surface area contributed by atoms with E-state index in [0.717, 1.165) is 11.0 Å². The van der Waals surface area contributed by atoms with Gasteiger partial charge in [-0.15, -0.1) is 0 Å². The molecule has 0 N–H and O–H groups in total. The maximum absolute atomic E-state index is 12.7. The van der Waals surface area contributed by atoms with Crippen LogP contribution in [0.2, 0.25) is 0 Å². The summed E-state index contributed by atoms with van der Waals surface area (Å²) in [6.45, 7) is 5.57. The van der Waals surface area contributed by atoms with Crippen molar-refractivity contribution in [2.24, 2.45) is 20.0 Å². The SMILES string of the molecule is CC(C)CCC(=O)N1CCN(C(=O)Cn2c(=O)c3c(ncn3C)n(C)c2=O)CC1. The van der Waals surface area contributed by atoms with E-state index in [1.807, 2.05) is 0 Å². The van der Waals surface area contributed by atoms with Crippen molar-refractivity contribution in [3.05, 3.63) is 27.2 Å². The molecule has 0 spiro atoms. The normalized spacial score (nSPS) is 14.8. The van der Waals surface area contributed by atoms with Crippen molar-refractivity contribution in [3.63, 3.8) is 0 Å². The zero-order chi connectivity index (χ0) is 21.3. The Morgan fingerprint density at radius 1 is 1.03 bits per heavy atom. The largest absolute Gasteiger partial charge is 0.339 e. The average molecular weight is 404 g/mol. The Kier molecular flexibility index (Phi) is 5.90. The van der Waals surface area contributed by atoms with Gasteiger partial charge in [0.2, 0.25) is 11.8 Å². The highest BCUT2D eigenvalue weighted by atomic mass is 16.2. The molecule has 29 heavy (non-hydrogen) atoms. The molecule has 1 aliphatic rings. The summed E-state index contributed by atoms with van der Waals surface area (Å²) in [6.07, 6.45) is 2.83. The van der Waals surface area contributed by atoms with Gasteiger partial charge < -0.3 is 14.4 Å². The Morgan fingerprint density at radius 3 is 2.21 bits per heavy atom. The highest BCUT2D eigenvalue weighted by Gasteiger charge is 2.25. The van der Waals surface area contributed by atoms with Crippen LogP contribution in [-0.4, -0.2) is 66.5 Å². The number of carbonyl (C=O) groups excluding carboxylic acids is 2. The lowest BCUT2D eigenvalue weighted by atomic mass is 10.1. The van der Waals surface area contributed by atoms with Gasteiger partial charge in [-0.3, -0.25) is 19.0 Å². The number of imidazole rings is 1. The first kappa shape index (κ1) is 20.8. The third-order valence-corrected chi connectivity index (χ3v) is 5.42. The van der Waals surface area contributed by atoms with Gasteiger partial charge in [-0.1, -0.05) is 13.8 Å². The fourth-order valence-corrected chi connectivity index (χ4v) is 3.55. The number of rotatable bonds is 5. The molecular formula is C19H28N6O4. The lowest BCUT2D eigenvalue weighted by molar-refractivity contribution is -0.140. The molecule has 0 atom stereocenters. The molecule has 0 bridgehead atoms. The highest BCUT2D eigenvalue weighted by molar-refractivity contribution is 5.78. The zero-order valence-electron chi connectivity index (χ0n) is 17.4.